The Hall–Kier alpha value is -1.85. The molecule has 0 atom stereocenters. The van der Waals surface area contributed by atoms with E-state index in [9.17, 15) is 10.1 Å². The van der Waals surface area contributed by atoms with Gasteiger partial charge in [0.25, 0.3) is 5.69 Å². The van der Waals surface area contributed by atoms with Crippen molar-refractivity contribution in [1.29, 1.82) is 0 Å². The lowest BCUT2D eigenvalue weighted by atomic mass is 9.99. The number of hydrogen-bond acceptors (Lipinski definition) is 3. The lowest BCUT2D eigenvalue weighted by Crippen LogP contribution is -1.97. The molecule has 0 aliphatic rings. The first-order chi connectivity index (χ1) is 11.8. The molecule has 1 heterocycles. The average molecular weight is 414 g/mol. The van der Waals surface area contributed by atoms with E-state index >= 15 is 0 Å². The predicted molar refractivity (Wildman–Crippen MR) is 102 cm³/mol. The van der Waals surface area contributed by atoms with Gasteiger partial charge in [0.2, 0.25) is 0 Å². The van der Waals surface area contributed by atoms with Crippen LogP contribution in [-0.2, 0) is 0 Å². The molecule has 126 valence electrons. The van der Waals surface area contributed by atoms with E-state index in [0.29, 0.717) is 42.3 Å². The SMILES string of the molecule is O=[N+]([O-])c1c(-c2cc(Cl)cc(Cl)c2)cncc1-c1cc(Cl)cc(Cl)c1. The number of pyridine rings is 1. The maximum atomic E-state index is 11.8. The number of nitro groups is 1. The molecule has 0 N–H and O–H groups in total. The minimum Gasteiger partial charge on any atom is -0.263 e. The lowest BCUT2D eigenvalue weighted by Gasteiger charge is -2.09. The molecule has 0 saturated heterocycles. The zero-order valence-electron chi connectivity index (χ0n) is 12.3. The van der Waals surface area contributed by atoms with Gasteiger partial charge < -0.3 is 0 Å². The number of nitrogens with zero attached hydrogens (tertiary/aromatic N) is 2. The van der Waals surface area contributed by atoms with Crippen molar-refractivity contribution in [3.8, 4) is 22.3 Å². The van der Waals surface area contributed by atoms with Crippen LogP contribution in [0.3, 0.4) is 0 Å². The first-order valence-electron chi connectivity index (χ1n) is 6.90. The standard InChI is InChI=1S/C17H8Cl4N2O2/c18-11-1-9(2-12(19)5-11)15-7-22-8-16(17(15)23(24)25)10-3-13(20)6-14(21)4-10/h1-8H. The van der Waals surface area contributed by atoms with Crippen LogP contribution in [0.2, 0.25) is 20.1 Å². The molecule has 25 heavy (non-hydrogen) atoms. The molecule has 1 aromatic heterocycles. The van der Waals surface area contributed by atoms with Gasteiger partial charge in [0.1, 0.15) is 0 Å². The van der Waals surface area contributed by atoms with Crippen molar-refractivity contribution < 1.29 is 4.92 Å². The Kier molecular flexibility index (Phi) is 5.16. The normalized spacial score (nSPS) is 10.7. The molecule has 0 radical (unpaired) electrons. The fourth-order valence-electron chi connectivity index (χ4n) is 2.49. The summed E-state index contributed by atoms with van der Waals surface area (Å²) in [5.41, 5.74) is 1.44. The second-order valence-electron chi connectivity index (χ2n) is 5.16. The Balaban J connectivity index is 2.30. The van der Waals surface area contributed by atoms with Gasteiger partial charge in [-0.25, -0.2) is 0 Å². The predicted octanol–water partition coefficient (Wildman–Crippen LogP) is 6.94. The van der Waals surface area contributed by atoms with Crippen LogP contribution < -0.4 is 0 Å². The maximum absolute atomic E-state index is 11.8. The molecule has 0 bridgehead atoms. The topological polar surface area (TPSA) is 56.0 Å². The summed E-state index contributed by atoms with van der Waals surface area (Å²) < 4.78 is 0. The first-order valence-corrected chi connectivity index (χ1v) is 8.41. The molecule has 3 rings (SSSR count). The van der Waals surface area contributed by atoms with Crippen molar-refractivity contribution in [2.75, 3.05) is 0 Å². The second kappa shape index (κ2) is 7.18. The summed E-state index contributed by atoms with van der Waals surface area (Å²) in [6, 6.07) is 9.45. The molecule has 3 aromatic rings. The van der Waals surface area contributed by atoms with Gasteiger partial charge in [-0.15, -0.1) is 0 Å². The highest BCUT2D eigenvalue weighted by atomic mass is 35.5. The number of hydrogen-bond donors (Lipinski definition) is 0. The van der Waals surface area contributed by atoms with Crippen molar-refractivity contribution in [2.45, 2.75) is 0 Å². The quantitative estimate of drug-likeness (QED) is 0.345. The van der Waals surface area contributed by atoms with Crippen LogP contribution in [0.1, 0.15) is 0 Å². The van der Waals surface area contributed by atoms with Crippen LogP contribution in [0.4, 0.5) is 5.69 Å². The average Bonchev–Trinajstić information content (AvgIpc) is 2.52. The highest BCUT2D eigenvalue weighted by molar-refractivity contribution is 6.35. The molecule has 2 aromatic carbocycles. The van der Waals surface area contributed by atoms with Crippen molar-refractivity contribution in [3.63, 3.8) is 0 Å². The zero-order chi connectivity index (χ0) is 18.1. The Morgan fingerprint density at radius 3 is 1.40 bits per heavy atom. The van der Waals surface area contributed by atoms with Gasteiger partial charge in [-0.1, -0.05) is 46.4 Å². The molecule has 0 aliphatic carbocycles. The largest absolute Gasteiger partial charge is 0.288 e. The fraction of sp³-hybridized carbons (Fsp3) is 0. The molecule has 0 saturated carbocycles. The van der Waals surface area contributed by atoms with Gasteiger partial charge in [-0.05, 0) is 47.5 Å². The lowest BCUT2D eigenvalue weighted by molar-refractivity contribution is -0.383. The van der Waals surface area contributed by atoms with E-state index in [1.807, 2.05) is 0 Å². The van der Waals surface area contributed by atoms with E-state index in [2.05, 4.69) is 4.98 Å². The molecule has 0 fully saturated rings. The van der Waals surface area contributed by atoms with Crippen LogP contribution in [0, 0.1) is 10.1 Å². The van der Waals surface area contributed by atoms with E-state index < -0.39 is 4.92 Å². The Morgan fingerprint density at radius 1 is 0.720 bits per heavy atom. The number of halogens is 4. The van der Waals surface area contributed by atoms with Crippen LogP contribution >= 0.6 is 46.4 Å². The number of aromatic nitrogens is 1. The summed E-state index contributed by atoms with van der Waals surface area (Å²) in [6.07, 6.45) is 2.80. The monoisotopic (exact) mass is 412 g/mol. The minimum atomic E-state index is -0.476. The van der Waals surface area contributed by atoms with Crippen molar-refractivity contribution in [1.82, 2.24) is 4.98 Å². The molecule has 0 aliphatic heterocycles. The van der Waals surface area contributed by atoms with E-state index in [1.54, 1.807) is 36.4 Å². The van der Waals surface area contributed by atoms with Gasteiger partial charge in [0, 0.05) is 32.5 Å². The van der Waals surface area contributed by atoms with Crippen LogP contribution in [-0.4, -0.2) is 9.91 Å². The fourth-order valence-corrected chi connectivity index (χ4v) is 3.54. The van der Waals surface area contributed by atoms with Crippen LogP contribution in [0.5, 0.6) is 0 Å². The van der Waals surface area contributed by atoms with Gasteiger partial charge in [0.15, 0.2) is 0 Å². The number of rotatable bonds is 3. The summed E-state index contributed by atoms with van der Waals surface area (Å²) in [5, 5.41) is 13.2. The molecule has 0 unspecified atom stereocenters. The van der Waals surface area contributed by atoms with E-state index in [-0.39, 0.29) is 5.69 Å². The molecule has 8 heteroatoms. The Bertz CT molecular complexity index is 882. The van der Waals surface area contributed by atoms with Gasteiger partial charge in [-0.2, -0.15) is 0 Å². The highest BCUT2D eigenvalue weighted by Crippen LogP contribution is 2.40. The summed E-state index contributed by atoms with van der Waals surface area (Å²) in [5.74, 6) is 0. The maximum Gasteiger partial charge on any atom is 0.288 e. The van der Waals surface area contributed by atoms with Crippen LogP contribution in [0.25, 0.3) is 22.3 Å². The summed E-state index contributed by atoms with van der Waals surface area (Å²) in [4.78, 5) is 15.4. The van der Waals surface area contributed by atoms with Crippen LogP contribution in [0.15, 0.2) is 48.8 Å². The Labute approximate surface area is 163 Å². The molecular weight excluding hydrogens is 406 g/mol. The van der Waals surface area contributed by atoms with Crippen molar-refractivity contribution >= 4 is 52.1 Å². The van der Waals surface area contributed by atoms with Gasteiger partial charge >= 0.3 is 0 Å². The van der Waals surface area contributed by atoms with Gasteiger partial charge in [0.05, 0.1) is 16.1 Å². The van der Waals surface area contributed by atoms with E-state index in [0.717, 1.165) is 0 Å². The van der Waals surface area contributed by atoms with Crippen molar-refractivity contribution in [3.05, 3.63) is 79.0 Å². The summed E-state index contributed by atoms with van der Waals surface area (Å²) in [6.45, 7) is 0. The molecule has 4 nitrogen and oxygen atoms in total. The first kappa shape index (κ1) is 18.0. The zero-order valence-corrected chi connectivity index (χ0v) is 15.4. The highest BCUT2D eigenvalue weighted by Gasteiger charge is 2.23. The summed E-state index contributed by atoms with van der Waals surface area (Å²) in [7, 11) is 0. The minimum absolute atomic E-state index is 0.133. The third-order valence-corrected chi connectivity index (χ3v) is 4.32. The Morgan fingerprint density at radius 2 is 1.08 bits per heavy atom. The smallest absolute Gasteiger partial charge is 0.263 e. The second-order valence-corrected chi connectivity index (χ2v) is 6.90. The third-order valence-electron chi connectivity index (χ3n) is 3.45. The van der Waals surface area contributed by atoms with E-state index in [4.69, 9.17) is 46.4 Å². The summed E-state index contributed by atoms with van der Waals surface area (Å²) >= 11 is 24.1. The molecule has 0 amide bonds. The number of benzene rings is 2. The molecule has 0 spiro atoms. The molecular formula is C17H8Cl4N2O2. The van der Waals surface area contributed by atoms with Gasteiger partial charge in [-0.3, -0.25) is 15.1 Å². The third kappa shape index (κ3) is 3.88. The van der Waals surface area contributed by atoms with E-state index in [1.165, 1.54) is 12.4 Å². The van der Waals surface area contributed by atoms with Crippen molar-refractivity contribution in [2.24, 2.45) is 0 Å².